The van der Waals surface area contributed by atoms with Gasteiger partial charge in [-0.25, -0.2) is 8.42 Å². The van der Waals surface area contributed by atoms with Crippen LogP contribution in [0.5, 0.6) is 0 Å². The van der Waals surface area contributed by atoms with Crippen LogP contribution in [-0.2, 0) is 9.84 Å². The third kappa shape index (κ3) is 2.26. The zero-order valence-corrected chi connectivity index (χ0v) is 13.9. The van der Waals surface area contributed by atoms with E-state index in [-0.39, 0.29) is 4.90 Å². The molecule has 1 aliphatic carbocycles. The number of hydrogen-bond acceptors (Lipinski definition) is 4. The van der Waals surface area contributed by atoms with E-state index in [4.69, 9.17) is 5.73 Å². The molecule has 2 aromatic carbocycles. The molecule has 0 aromatic heterocycles. The molecule has 112 valence electrons. The Hall–Kier alpha value is -1.68. The number of rotatable bonds is 3. The van der Waals surface area contributed by atoms with Crippen LogP contribution in [0.25, 0.3) is 0 Å². The van der Waals surface area contributed by atoms with Crippen molar-refractivity contribution in [2.45, 2.75) is 21.6 Å². The van der Waals surface area contributed by atoms with E-state index >= 15 is 0 Å². The minimum atomic E-state index is -3.65. The van der Waals surface area contributed by atoms with E-state index in [1.54, 1.807) is 30.3 Å². The van der Waals surface area contributed by atoms with E-state index in [1.807, 2.05) is 18.2 Å². The van der Waals surface area contributed by atoms with Gasteiger partial charge in [-0.15, -0.1) is 0 Å². The van der Waals surface area contributed by atoms with Crippen LogP contribution in [0.2, 0.25) is 0 Å². The number of sulfone groups is 1. The largest absolute Gasteiger partial charge is 0.312 e. The topological polar surface area (TPSA) is 83.9 Å². The predicted octanol–water partition coefficient (Wildman–Crippen LogP) is 2.61. The van der Waals surface area contributed by atoms with Crippen molar-refractivity contribution in [2.24, 2.45) is 5.73 Å². The van der Waals surface area contributed by atoms with Crippen LogP contribution in [0.4, 0.5) is 0 Å². The first-order valence-corrected chi connectivity index (χ1v) is 9.00. The van der Waals surface area contributed by atoms with Crippen LogP contribution in [0.1, 0.15) is 11.5 Å². The van der Waals surface area contributed by atoms with Gasteiger partial charge in [0.25, 0.3) is 0 Å². The number of nitrogens with zero attached hydrogens (tertiary/aromatic N) is 1. The predicted molar refractivity (Wildman–Crippen MR) is 86.8 cm³/mol. The quantitative estimate of drug-likeness (QED) is 0.891. The molecule has 2 aromatic rings. The molecule has 1 aliphatic rings. The highest BCUT2D eigenvalue weighted by atomic mass is 79.9. The Morgan fingerprint density at radius 1 is 1.09 bits per heavy atom. The standard InChI is InChI=1S/C16H13BrN2O2S/c17-12-8-6-11(7-9-12)14-15(16(14,19)10-18)22(20,21)13-4-2-1-3-5-13/h1-9,14-15H,19H2/t14-,15+,16-/m0/s1. The summed E-state index contributed by atoms with van der Waals surface area (Å²) < 4.78 is 26.4. The lowest BCUT2D eigenvalue weighted by atomic mass is 10.1. The Morgan fingerprint density at radius 2 is 1.68 bits per heavy atom. The zero-order chi connectivity index (χ0) is 16.0. The number of hydrogen-bond donors (Lipinski definition) is 1. The molecule has 0 unspecified atom stereocenters. The van der Waals surface area contributed by atoms with Gasteiger partial charge in [0.15, 0.2) is 9.84 Å². The van der Waals surface area contributed by atoms with Gasteiger partial charge in [-0.2, -0.15) is 5.26 Å². The molecule has 0 spiro atoms. The van der Waals surface area contributed by atoms with Crippen molar-refractivity contribution in [1.82, 2.24) is 0 Å². The second kappa shape index (κ2) is 5.20. The first kappa shape index (κ1) is 15.2. The Labute approximate surface area is 137 Å². The Bertz CT molecular complexity index is 844. The van der Waals surface area contributed by atoms with E-state index in [0.29, 0.717) is 0 Å². The summed E-state index contributed by atoms with van der Waals surface area (Å²) in [7, 11) is -3.65. The van der Waals surface area contributed by atoms with E-state index in [2.05, 4.69) is 15.9 Å². The molecule has 0 bridgehead atoms. The van der Waals surface area contributed by atoms with Gasteiger partial charge < -0.3 is 5.73 Å². The maximum absolute atomic E-state index is 12.8. The Kier molecular flexibility index (Phi) is 3.60. The molecular formula is C16H13BrN2O2S. The van der Waals surface area contributed by atoms with Crippen LogP contribution in [0, 0.1) is 11.3 Å². The van der Waals surface area contributed by atoms with Crippen molar-refractivity contribution in [2.75, 3.05) is 0 Å². The average molecular weight is 377 g/mol. The Morgan fingerprint density at radius 3 is 2.23 bits per heavy atom. The molecule has 0 radical (unpaired) electrons. The molecule has 6 heteroatoms. The lowest BCUT2D eigenvalue weighted by Crippen LogP contribution is -2.29. The van der Waals surface area contributed by atoms with Gasteiger partial charge >= 0.3 is 0 Å². The molecule has 1 fully saturated rings. The highest BCUT2D eigenvalue weighted by molar-refractivity contribution is 9.10. The molecule has 0 aliphatic heterocycles. The van der Waals surface area contributed by atoms with Crippen LogP contribution in [0.3, 0.4) is 0 Å². The summed E-state index contributed by atoms with van der Waals surface area (Å²) in [6.07, 6.45) is 0. The van der Waals surface area contributed by atoms with Crippen molar-refractivity contribution < 1.29 is 8.42 Å². The van der Waals surface area contributed by atoms with Crippen LogP contribution in [-0.4, -0.2) is 19.2 Å². The number of halogens is 1. The highest BCUT2D eigenvalue weighted by Crippen LogP contribution is 2.55. The van der Waals surface area contributed by atoms with Gasteiger partial charge in [0, 0.05) is 10.4 Å². The van der Waals surface area contributed by atoms with Crippen molar-refractivity contribution in [3.8, 4) is 6.07 Å². The summed E-state index contributed by atoms with van der Waals surface area (Å²) in [6, 6.07) is 17.4. The smallest absolute Gasteiger partial charge is 0.184 e. The number of nitriles is 1. The molecule has 22 heavy (non-hydrogen) atoms. The van der Waals surface area contributed by atoms with E-state index in [9.17, 15) is 13.7 Å². The van der Waals surface area contributed by atoms with E-state index < -0.39 is 26.5 Å². The molecule has 3 atom stereocenters. The molecule has 0 saturated heterocycles. The normalized spacial score (nSPS) is 27.1. The van der Waals surface area contributed by atoms with Crippen LogP contribution in [0.15, 0.2) is 64.0 Å². The highest BCUT2D eigenvalue weighted by Gasteiger charge is 2.70. The molecule has 3 rings (SSSR count). The van der Waals surface area contributed by atoms with Gasteiger partial charge in [-0.05, 0) is 29.8 Å². The van der Waals surface area contributed by atoms with Crippen molar-refractivity contribution in [3.63, 3.8) is 0 Å². The zero-order valence-electron chi connectivity index (χ0n) is 11.5. The summed E-state index contributed by atoms with van der Waals surface area (Å²) in [6.45, 7) is 0. The summed E-state index contributed by atoms with van der Waals surface area (Å²) in [5.74, 6) is -0.518. The van der Waals surface area contributed by atoms with Crippen LogP contribution >= 0.6 is 15.9 Å². The fourth-order valence-corrected chi connectivity index (χ4v) is 5.29. The van der Waals surface area contributed by atoms with Gasteiger partial charge in [-0.1, -0.05) is 46.3 Å². The molecule has 0 amide bonds. The average Bonchev–Trinajstić information content (AvgIpc) is 3.17. The van der Waals surface area contributed by atoms with Crippen molar-refractivity contribution in [1.29, 1.82) is 5.26 Å². The molecular weight excluding hydrogens is 364 g/mol. The van der Waals surface area contributed by atoms with Gasteiger partial charge in [-0.3, -0.25) is 0 Å². The van der Waals surface area contributed by atoms with Crippen LogP contribution < -0.4 is 5.73 Å². The molecule has 0 heterocycles. The van der Waals surface area contributed by atoms with Gasteiger partial charge in [0.05, 0.1) is 11.0 Å². The number of nitrogens with two attached hydrogens (primary N) is 1. The molecule has 4 nitrogen and oxygen atoms in total. The van der Waals surface area contributed by atoms with Crippen molar-refractivity contribution >= 4 is 25.8 Å². The van der Waals surface area contributed by atoms with Gasteiger partial charge in [0.1, 0.15) is 10.8 Å². The van der Waals surface area contributed by atoms with E-state index in [0.717, 1.165) is 10.0 Å². The van der Waals surface area contributed by atoms with E-state index in [1.165, 1.54) is 12.1 Å². The van der Waals surface area contributed by atoms with Crippen molar-refractivity contribution in [3.05, 3.63) is 64.6 Å². The second-order valence-electron chi connectivity index (χ2n) is 5.35. The summed E-state index contributed by atoms with van der Waals surface area (Å²) >= 11 is 3.34. The maximum atomic E-state index is 12.8. The number of benzene rings is 2. The fraction of sp³-hybridized carbons (Fsp3) is 0.188. The third-order valence-electron chi connectivity index (χ3n) is 4.01. The summed E-state index contributed by atoms with van der Waals surface area (Å²) in [5.41, 5.74) is 5.45. The SMILES string of the molecule is N#C[C@@]1(N)[C@H](S(=O)(=O)c2ccccc2)[C@@H]1c1ccc(Br)cc1. The summed E-state index contributed by atoms with van der Waals surface area (Å²) in [5, 5.41) is 8.46. The minimum absolute atomic E-state index is 0.199. The maximum Gasteiger partial charge on any atom is 0.184 e. The molecule has 1 saturated carbocycles. The summed E-state index contributed by atoms with van der Waals surface area (Å²) in [4.78, 5) is 0.199. The van der Waals surface area contributed by atoms with Gasteiger partial charge in [0.2, 0.25) is 0 Å². The molecule has 2 N–H and O–H groups in total. The monoisotopic (exact) mass is 376 g/mol. The first-order chi connectivity index (χ1) is 10.4. The lowest BCUT2D eigenvalue weighted by molar-refractivity contribution is 0.592. The third-order valence-corrected chi connectivity index (χ3v) is 6.80. The first-order valence-electron chi connectivity index (χ1n) is 6.66. The minimum Gasteiger partial charge on any atom is -0.312 e. The lowest BCUT2D eigenvalue weighted by Gasteiger charge is -2.04. The second-order valence-corrected chi connectivity index (χ2v) is 8.34. The Balaban J connectivity index is 2.04. The fourth-order valence-electron chi connectivity index (χ4n) is 2.82.